The van der Waals surface area contributed by atoms with Gasteiger partial charge in [0, 0.05) is 46.0 Å². The molecule has 0 saturated heterocycles. The first-order valence-electron chi connectivity index (χ1n) is 20.1. The van der Waals surface area contributed by atoms with E-state index in [0.717, 1.165) is 84.8 Å². The fraction of sp³-hybridized carbons (Fsp3) is 0.0370. The van der Waals surface area contributed by atoms with E-state index in [4.69, 9.17) is 9.98 Å². The normalized spacial score (nSPS) is 13.5. The molecular formula is C54H40FN5. The van der Waals surface area contributed by atoms with E-state index in [1.165, 1.54) is 12.1 Å². The molecule has 1 aliphatic carbocycles. The number of allylic oxidation sites excluding steroid dienone is 3. The standard InChI is InChI=1S/C54H40FN5/c1-3-17-46-52(56-2)53-47(26-16-35-57-53)54(46)48-36-44(58(39-18-8-4-9-19-39)40-20-10-5-11-21-40)31-33-50(48)60(43-29-27-38(55)28-30-43)51-34-32-45(37-49(51)54)59(41-22-12-6-13-23-41)42-24-14-7-15-25-42/h3-37H,2H2,1H3/b17-3-. The molecule has 1 aromatic heterocycles. The molecule has 0 fully saturated rings. The van der Waals surface area contributed by atoms with Crippen LogP contribution < -0.4 is 14.7 Å². The number of pyridine rings is 1. The second-order valence-electron chi connectivity index (χ2n) is 14.8. The fourth-order valence-electron chi connectivity index (χ4n) is 9.12. The molecule has 0 atom stereocenters. The number of para-hydroxylation sites is 4. The number of aromatic nitrogens is 1. The summed E-state index contributed by atoms with van der Waals surface area (Å²) in [6.45, 7) is 6.18. The molecule has 0 bridgehead atoms. The quantitative estimate of drug-likeness (QED) is 0.137. The summed E-state index contributed by atoms with van der Waals surface area (Å²) in [5.74, 6) is -0.295. The van der Waals surface area contributed by atoms with Crippen molar-refractivity contribution in [3.8, 4) is 0 Å². The van der Waals surface area contributed by atoms with E-state index in [0.29, 0.717) is 0 Å². The van der Waals surface area contributed by atoms with E-state index in [1.807, 2.05) is 55.6 Å². The number of aliphatic imine (C=N–C) groups is 1. The van der Waals surface area contributed by atoms with Crippen LogP contribution in [-0.2, 0) is 5.41 Å². The van der Waals surface area contributed by atoms with E-state index in [1.54, 1.807) is 0 Å². The Kier molecular flexibility index (Phi) is 9.22. The Morgan fingerprint density at radius 1 is 0.550 bits per heavy atom. The molecule has 0 unspecified atom stereocenters. The predicted molar refractivity (Wildman–Crippen MR) is 246 cm³/mol. The summed E-state index contributed by atoms with van der Waals surface area (Å²) in [7, 11) is 0. The van der Waals surface area contributed by atoms with Crippen LogP contribution in [0.3, 0.4) is 0 Å². The molecule has 2 aliphatic rings. The SMILES string of the molecule is C=NC1=C(/C=C\C)C2(c3cc(N(c4ccccc4)c4ccccc4)ccc3N(c3ccc(F)cc3)c3ccc(N(c4ccccc4)c4ccccc4)cc32)c2cccnc21. The maximum absolute atomic E-state index is 14.7. The topological polar surface area (TPSA) is 35.0 Å². The van der Waals surface area contributed by atoms with Crippen LogP contribution in [0.5, 0.6) is 0 Å². The Balaban J connectivity index is 1.35. The molecule has 6 heteroatoms. The molecule has 60 heavy (non-hydrogen) atoms. The molecule has 0 amide bonds. The third-order valence-electron chi connectivity index (χ3n) is 11.5. The minimum atomic E-state index is -0.919. The highest BCUT2D eigenvalue weighted by atomic mass is 19.1. The Labute approximate surface area is 350 Å². The number of fused-ring (bicyclic) bond motifs is 6. The minimum absolute atomic E-state index is 0.295. The third-order valence-corrected chi connectivity index (χ3v) is 11.5. The Morgan fingerprint density at radius 2 is 1.02 bits per heavy atom. The minimum Gasteiger partial charge on any atom is -0.310 e. The molecule has 10 rings (SSSR count). The van der Waals surface area contributed by atoms with Gasteiger partial charge in [-0.3, -0.25) is 9.98 Å². The van der Waals surface area contributed by atoms with E-state index < -0.39 is 5.41 Å². The Bertz CT molecular complexity index is 2700. The van der Waals surface area contributed by atoms with Gasteiger partial charge in [-0.25, -0.2) is 4.39 Å². The zero-order chi connectivity index (χ0) is 40.6. The van der Waals surface area contributed by atoms with Crippen LogP contribution in [0.4, 0.5) is 55.6 Å². The fourth-order valence-corrected chi connectivity index (χ4v) is 9.12. The summed E-state index contributed by atoms with van der Waals surface area (Å²) in [5.41, 5.74) is 13.4. The number of benzene rings is 7. The van der Waals surface area contributed by atoms with Crippen molar-refractivity contribution in [2.75, 3.05) is 14.7 Å². The third kappa shape index (κ3) is 5.84. The highest BCUT2D eigenvalue weighted by molar-refractivity contribution is 5.98. The lowest BCUT2D eigenvalue weighted by Crippen LogP contribution is -2.37. The van der Waals surface area contributed by atoms with Crippen molar-refractivity contribution in [1.29, 1.82) is 0 Å². The first-order chi connectivity index (χ1) is 29.6. The van der Waals surface area contributed by atoms with Crippen molar-refractivity contribution in [1.82, 2.24) is 4.98 Å². The smallest absolute Gasteiger partial charge is 0.123 e. The Hall–Kier alpha value is -7.83. The lowest BCUT2D eigenvalue weighted by atomic mass is 9.63. The van der Waals surface area contributed by atoms with E-state index >= 15 is 0 Å². The number of nitrogens with zero attached hydrogens (tertiary/aromatic N) is 5. The van der Waals surface area contributed by atoms with E-state index in [-0.39, 0.29) is 5.82 Å². The Morgan fingerprint density at radius 3 is 1.45 bits per heavy atom. The summed E-state index contributed by atoms with van der Waals surface area (Å²) in [5, 5.41) is 0. The van der Waals surface area contributed by atoms with Crippen LogP contribution in [0.15, 0.2) is 223 Å². The number of anilines is 9. The second kappa shape index (κ2) is 15.2. The zero-order valence-electron chi connectivity index (χ0n) is 33.0. The van der Waals surface area contributed by atoms with Crippen molar-refractivity contribution in [3.63, 3.8) is 0 Å². The molecule has 1 aliphatic heterocycles. The highest BCUT2D eigenvalue weighted by Crippen LogP contribution is 2.64. The highest BCUT2D eigenvalue weighted by Gasteiger charge is 2.53. The summed E-state index contributed by atoms with van der Waals surface area (Å²) in [6, 6.07) is 66.1. The van der Waals surface area contributed by atoms with Crippen molar-refractivity contribution >= 4 is 63.6 Å². The second-order valence-corrected chi connectivity index (χ2v) is 14.8. The molecular weight excluding hydrogens is 738 g/mol. The molecule has 5 nitrogen and oxygen atoms in total. The molecule has 2 heterocycles. The maximum atomic E-state index is 14.7. The van der Waals surface area contributed by atoms with Crippen LogP contribution >= 0.6 is 0 Å². The molecule has 0 saturated carbocycles. The van der Waals surface area contributed by atoms with Gasteiger partial charge >= 0.3 is 0 Å². The van der Waals surface area contributed by atoms with E-state index in [2.05, 4.69) is 173 Å². The van der Waals surface area contributed by atoms with Crippen molar-refractivity contribution in [3.05, 3.63) is 246 Å². The van der Waals surface area contributed by atoms with Crippen LogP contribution in [-0.4, -0.2) is 11.7 Å². The zero-order valence-corrected chi connectivity index (χ0v) is 33.0. The van der Waals surface area contributed by atoms with Gasteiger partial charge in [-0.1, -0.05) is 91.0 Å². The summed E-state index contributed by atoms with van der Waals surface area (Å²) < 4.78 is 14.7. The predicted octanol–water partition coefficient (Wildman–Crippen LogP) is 14.3. The van der Waals surface area contributed by atoms with Crippen molar-refractivity contribution < 1.29 is 4.39 Å². The molecule has 0 radical (unpaired) electrons. The van der Waals surface area contributed by atoms with Gasteiger partial charge in [0.05, 0.1) is 28.2 Å². The van der Waals surface area contributed by atoms with Gasteiger partial charge in [0.25, 0.3) is 0 Å². The van der Waals surface area contributed by atoms with Gasteiger partial charge in [0.2, 0.25) is 0 Å². The number of rotatable bonds is 9. The first kappa shape index (κ1) is 36.5. The van der Waals surface area contributed by atoms with E-state index in [9.17, 15) is 4.39 Å². The van der Waals surface area contributed by atoms with Crippen molar-refractivity contribution in [2.24, 2.45) is 4.99 Å². The molecule has 1 spiro atoms. The first-order valence-corrected chi connectivity index (χ1v) is 20.1. The van der Waals surface area contributed by atoms with Gasteiger partial charge in [0.15, 0.2) is 0 Å². The molecule has 7 aromatic carbocycles. The van der Waals surface area contributed by atoms with Crippen LogP contribution in [0.25, 0.3) is 5.70 Å². The molecule has 0 N–H and O–H groups in total. The number of halogens is 1. The van der Waals surface area contributed by atoms with Gasteiger partial charge in [-0.2, -0.15) is 0 Å². The van der Waals surface area contributed by atoms with Crippen LogP contribution in [0.2, 0.25) is 0 Å². The monoisotopic (exact) mass is 777 g/mol. The molecule has 288 valence electrons. The summed E-state index contributed by atoms with van der Waals surface area (Å²) >= 11 is 0. The molecule has 8 aromatic rings. The largest absolute Gasteiger partial charge is 0.310 e. The lowest BCUT2D eigenvalue weighted by Gasteiger charge is -2.46. The van der Waals surface area contributed by atoms with Gasteiger partial charge in [-0.15, -0.1) is 0 Å². The maximum Gasteiger partial charge on any atom is 0.123 e. The average Bonchev–Trinajstić information content (AvgIpc) is 3.58. The van der Waals surface area contributed by atoms with Crippen LogP contribution in [0, 0.1) is 5.82 Å². The van der Waals surface area contributed by atoms with Gasteiger partial charge < -0.3 is 14.7 Å². The number of hydrogen-bond acceptors (Lipinski definition) is 5. The number of hydrogen-bond donors (Lipinski definition) is 0. The lowest BCUT2D eigenvalue weighted by molar-refractivity contribution is 0.628. The summed E-state index contributed by atoms with van der Waals surface area (Å²) in [6.07, 6.45) is 6.08. The average molecular weight is 778 g/mol. The summed E-state index contributed by atoms with van der Waals surface area (Å²) in [4.78, 5) is 16.6. The van der Waals surface area contributed by atoms with Gasteiger partial charge in [0.1, 0.15) is 5.82 Å². The van der Waals surface area contributed by atoms with Gasteiger partial charge in [-0.05, 0) is 151 Å². The van der Waals surface area contributed by atoms with Crippen LogP contribution in [0.1, 0.15) is 29.3 Å². The van der Waals surface area contributed by atoms with Crippen molar-refractivity contribution in [2.45, 2.75) is 12.3 Å².